The summed E-state index contributed by atoms with van der Waals surface area (Å²) < 4.78 is 4.33. The summed E-state index contributed by atoms with van der Waals surface area (Å²) in [4.78, 5) is 23.0. The van der Waals surface area contributed by atoms with Gasteiger partial charge in [-0.25, -0.2) is 24.6 Å². The van der Waals surface area contributed by atoms with Crippen molar-refractivity contribution in [3.8, 4) is 86.0 Å². The predicted molar refractivity (Wildman–Crippen MR) is 282 cm³/mol. The molecule has 10 nitrogen and oxygen atoms in total. The van der Waals surface area contributed by atoms with Gasteiger partial charge in [0.2, 0.25) is 0 Å². The summed E-state index contributed by atoms with van der Waals surface area (Å²) in [5.74, 6) is 1.39. The van der Waals surface area contributed by atoms with Crippen molar-refractivity contribution in [2.45, 2.75) is 0 Å². The van der Waals surface area contributed by atoms with Gasteiger partial charge < -0.3 is 9.13 Å². The Hall–Kier alpha value is -11.0. The highest BCUT2D eigenvalue weighted by molar-refractivity contribution is 6.12. The van der Waals surface area contributed by atoms with Gasteiger partial charge in [0.05, 0.1) is 81.5 Å². The monoisotopic (exact) mass is 916 g/mol. The molecule has 0 unspecified atom stereocenters. The summed E-state index contributed by atoms with van der Waals surface area (Å²) >= 11 is 0. The first kappa shape index (κ1) is 42.4. The molecule has 0 radical (unpaired) electrons. The van der Waals surface area contributed by atoms with Crippen LogP contribution in [-0.4, -0.2) is 24.1 Å². The number of rotatable bonds is 7. The van der Waals surface area contributed by atoms with Crippen LogP contribution in [0.1, 0.15) is 16.7 Å². The van der Waals surface area contributed by atoms with Crippen molar-refractivity contribution >= 4 is 55.0 Å². The summed E-state index contributed by atoms with van der Waals surface area (Å²) in [5, 5.41) is 33.4. The lowest BCUT2D eigenvalue weighted by Gasteiger charge is -2.19. The van der Waals surface area contributed by atoms with Crippen molar-refractivity contribution in [3.05, 3.63) is 234 Å². The smallest absolute Gasteiger partial charge is 0.188 e. The van der Waals surface area contributed by atoms with E-state index in [4.69, 9.17) is 28.1 Å². The van der Waals surface area contributed by atoms with Gasteiger partial charge in [0, 0.05) is 38.4 Å². The second-order valence-corrected chi connectivity index (χ2v) is 17.2. The van der Waals surface area contributed by atoms with Gasteiger partial charge in [-0.1, -0.05) is 103 Å². The number of nitriles is 3. The highest BCUT2D eigenvalue weighted by Crippen LogP contribution is 2.43. The third-order valence-corrected chi connectivity index (χ3v) is 13.1. The molecule has 0 amide bonds. The van der Waals surface area contributed by atoms with Crippen LogP contribution in [0.25, 0.3) is 121 Å². The largest absolute Gasteiger partial charge is 0.309 e. The maximum absolute atomic E-state index is 10.1. The van der Waals surface area contributed by atoms with Crippen molar-refractivity contribution in [1.82, 2.24) is 24.1 Å². The first-order valence-corrected chi connectivity index (χ1v) is 22.8. The van der Waals surface area contributed by atoms with Gasteiger partial charge in [0.15, 0.2) is 28.8 Å². The SMILES string of the molecule is [C-]#[N+]c1ccc(-c2ccc(-n3c4ccc(C#N)cc4c4cc(C#N)ccc43)c(-c3ccc(-n4c5ccc(C#N)cc5c5cc([N+]#[C-])ccc54)c(-c4nc(-c5ccccc5)nc(-c5ccccc5)n4)c3)c2)cc1. The summed E-state index contributed by atoms with van der Waals surface area (Å²) in [6.45, 7) is 15.5. The maximum Gasteiger partial charge on any atom is 0.188 e. The van der Waals surface area contributed by atoms with E-state index in [-0.39, 0.29) is 0 Å². The van der Waals surface area contributed by atoms with Crippen molar-refractivity contribution < 1.29 is 0 Å². The van der Waals surface area contributed by atoms with Crippen molar-refractivity contribution in [1.29, 1.82) is 15.8 Å². The lowest BCUT2D eigenvalue weighted by Crippen LogP contribution is -2.04. The first-order chi connectivity index (χ1) is 35.4. The van der Waals surface area contributed by atoms with Gasteiger partial charge in [-0.05, 0) is 113 Å². The Labute approximate surface area is 412 Å². The Morgan fingerprint density at radius 1 is 0.347 bits per heavy atom. The highest BCUT2D eigenvalue weighted by Gasteiger charge is 2.24. The zero-order valence-electron chi connectivity index (χ0n) is 37.9. The van der Waals surface area contributed by atoms with Crippen LogP contribution in [0.3, 0.4) is 0 Å². The van der Waals surface area contributed by atoms with Crippen LogP contribution >= 0.6 is 0 Å². The van der Waals surface area contributed by atoms with Gasteiger partial charge in [-0.3, -0.25) is 0 Å². The molecule has 12 aromatic rings. The van der Waals surface area contributed by atoms with Crippen LogP contribution in [0.5, 0.6) is 0 Å². The van der Waals surface area contributed by atoms with E-state index in [1.54, 1.807) is 12.1 Å². The second-order valence-electron chi connectivity index (χ2n) is 17.2. The lowest BCUT2D eigenvalue weighted by atomic mass is 9.95. The zero-order valence-corrected chi connectivity index (χ0v) is 37.9. The average Bonchev–Trinajstić information content (AvgIpc) is 3.95. The molecule has 3 heterocycles. The van der Waals surface area contributed by atoms with Crippen LogP contribution < -0.4 is 0 Å². The van der Waals surface area contributed by atoms with Crippen LogP contribution in [0.4, 0.5) is 11.4 Å². The van der Waals surface area contributed by atoms with E-state index in [0.717, 1.165) is 88.4 Å². The van der Waals surface area contributed by atoms with E-state index in [2.05, 4.69) is 73.4 Å². The molecule has 3 aromatic heterocycles. The standard InChI is InChI=1S/C62H32N10/c1-66-46-20-16-41(17-21-46)44-18-26-54(71-55-23-13-38(35-63)29-49(55)50-30-39(36-64)14-24-56(50)71)48(32-44)45-19-27-59(72-57-25-15-40(37-65)31-51(57)52-34-47(67-2)22-28-58(52)72)53(33-45)62-69-60(42-9-5-3-6-10-42)68-61(70-62)43-11-7-4-8-12-43/h3-34H. The van der Waals surface area contributed by atoms with E-state index in [9.17, 15) is 15.8 Å². The number of hydrogen-bond acceptors (Lipinski definition) is 6. The molecular weight excluding hydrogens is 885 g/mol. The fourth-order valence-corrected chi connectivity index (χ4v) is 9.71. The van der Waals surface area contributed by atoms with Gasteiger partial charge in [0.1, 0.15) is 0 Å². The molecule has 0 aliphatic heterocycles. The third kappa shape index (κ3) is 7.13. The second kappa shape index (κ2) is 17.3. The van der Waals surface area contributed by atoms with E-state index in [1.165, 1.54) is 0 Å². The Balaban J connectivity index is 1.20. The lowest BCUT2D eigenvalue weighted by molar-refractivity contribution is 1.06. The van der Waals surface area contributed by atoms with Crippen LogP contribution in [0.2, 0.25) is 0 Å². The molecule has 0 aliphatic carbocycles. The molecule has 0 atom stereocenters. The van der Waals surface area contributed by atoms with Crippen LogP contribution in [0, 0.1) is 47.1 Å². The highest BCUT2D eigenvalue weighted by atomic mass is 15.1. The van der Waals surface area contributed by atoms with E-state index >= 15 is 0 Å². The Bertz CT molecular complexity index is 4240. The van der Waals surface area contributed by atoms with Gasteiger partial charge in [-0.15, -0.1) is 0 Å². The molecule has 0 bridgehead atoms. The molecule has 12 rings (SSSR count). The van der Waals surface area contributed by atoms with Crippen molar-refractivity contribution in [2.24, 2.45) is 0 Å². The fourth-order valence-electron chi connectivity index (χ4n) is 9.71. The van der Waals surface area contributed by atoms with Gasteiger partial charge >= 0.3 is 0 Å². The number of benzene rings is 9. The molecule has 330 valence electrons. The Kier molecular flexibility index (Phi) is 10.2. The van der Waals surface area contributed by atoms with E-state index < -0.39 is 0 Å². The molecule has 0 saturated carbocycles. The minimum atomic E-state index is 0.415. The molecule has 0 aliphatic rings. The summed E-state index contributed by atoms with van der Waals surface area (Å²) in [6, 6.07) is 69.2. The average molecular weight is 917 g/mol. The number of hydrogen-bond donors (Lipinski definition) is 0. The van der Waals surface area contributed by atoms with Gasteiger partial charge in [0.25, 0.3) is 0 Å². The molecule has 0 fully saturated rings. The van der Waals surface area contributed by atoms with Crippen LogP contribution in [-0.2, 0) is 0 Å². The topological polar surface area (TPSA) is 129 Å². The molecule has 0 spiro atoms. The Morgan fingerprint density at radius 3 is 1.24 bits per heavy atom. The summed E-state index contributed by atoms with van der Waals surface area (Å²) in [6.07, 6.45) is 0. The van der Waals surface area contributed by atoms with E-state index in [1.807, 2.05) is 146 Å². The van der Waals surface area contributed by atoms with Crippen LogP contribution in [0.15, 0.2) is 194 Å². The summed E-state index contributed by atoms with van der Waals surface area (Å²) in [5.41, 5.74) is 13.3. The minimum absolute atomic E-state index is 0.415. The van der Waals surface area contributed by atoms with E-state index in [0.29, 0.717) is 51.1 Å². The molecule has 10 heteroatoms. The normalized spacial score (nSPS) is 11.0. The van der Waals surface area contributed by atoms with Gasteiger partial charge in [-0.2, -0.15) is 15.8 Å². The molecule has 0 saturated heterocycles. The third-order valence-electron chi connectivity index (χ3n) is 13.1. The predicted octanol–water partition coefficient (Wildman–Crippen LogP) is 15.1. The van der Waals surface area contributed by atoms with Crippen molar-refractivity contribution in [3.63, 3.8) is 0 Å². The minimum Gasteiger partial charge on any atom is -0.309 e. The summed E-state index contributed by atoms with van der Waals surface area (Å²) in [7, 11) is 0. The zero-order chi connectivity index (χ0) is 48.9. The number of fused-ring (bicyclic) bond motifs is 6. The maximum atomic E-state index is 10.1. The Morgan fingerprint density at radius 2 is 0.750 bits per heavy atom. The quantitative estimate of drug-likeness (QED) is 0.146. The van der Waals surface area contributed by atoms with Crippen molar-refractivity contribution in [2.75, 3.05) is 0 Å². The fraction of sp³-hybridized carbons (Fsp3) is 0. The number of nitrogens with zero attached hydrogens (tertiary/aromatic N) is 10. The molecule has 72 heavy (non-hydrogen) atoms. The molecular formula is C62H32N10. The molecule has 9 aromatic carbocycles. The first-order valence-electron chi connectivity index (χ1n) is 22.8. The number of aromatic nitrogens is 5. The molecule has 0 N–H and O–H groups in total.